The van der Waals surface area contributed by atoms with Crippen molar-refractivity contribution in [1.29, 1.82) is 0 Å². The van der Waals surface area contributed by atoms with E-state index in [0.717, 1.165) is 5.56 Å². The zero-order valence-corrected chi connectivity index (χ0v) is 12.8. The average molecular weight is 391 g/mol. The molecule has 0 aromatic heterocycles. The van der Waals surface area contributed by atoms with Gasteiger partial charge in [-0.2, -0.15) is 0 Å². The van der Waals surface area contributed by atoms with E-state index in [-0.39, 0.29) is 53.8 Å². The third-order valence-corrected chi connectivity index (χ3v) is 1.20. The Bertz CT molecular complexity index is 170. The molecule has 1 rings (SSSR count). The van der Waals surface area contributed by atoms with Crippen molar-refractivity contribution in [3.05, 3.63) is 34.9 Å². The van der Waals surface area contributed by atoms with Crippen molar-refractivity contribution in [2.24, 2.45) is 0 Å². The van der Waals surface area contributed by atoms with Crippen LogP contribution in [0, 0.1) is 32.9 Å². The van der Waals surface area contributed by atoms with Crippen LogP contribution in [0.3, 0.4) is 0 Å². The van der Waals surface area contributed by atoms with Gasteiger partial charge in [0.15, 0.2) is 0 Å². The van der Waals surface area contributed by atoms with Crippen molar-refractivity contribution >= 4 is 0 Å². The molecule has 0 N–H and O–H groups in total. The van der Waals surface area contributed by atoms with Gasteiger partial charge in [0.05, 0.1) is 0 Å². The van der Waals surface area contributed by atoms with Gasteiger partial charge in [-0.15, -0.1) is 0 Å². The van der Waals surface area contributed by atoms with Gasteiger partial charge < -0.3 is 12.1 Å². The maximum Gasteiger partial charge on any atom is 0 e. The molecule has 0 aliphatic carbocycles. The van der Waals surface area contributed by atoms with Crippen molar-refractivity contribution < 1.29 is 53.8 Å². The monoisotopic (exact) mass is 391 g/mol. The first-order chi connectivity index (χ1) is 4.18. The zero-order valence-electron chi connectivity index (χ0n) is 7.06. The van der Waals surface area contributed by atoms with Crippen LogP contribution in [0.15, 0.2) is 6.07 Å². The maximum atomic E-state index is 3.16. The summed E-state index contributed by atoms with van der Waals surface area (Å²) in [4.78, 5) is 0. The van der Waals surface area contributed by atoms with Gasteiger partial charge in [-0.25, -0.2) is 0 Å². The molecule has 0 heterocycles. The SMILES string of the molecule is Cc1[c-]c(C)cc(C)[c-]1.[W].[Y]. The first-order valence-corrected chi connectivity index (χ1v) is 3.08. The molecule has 0 saturated heterocycles. The second kappa shape index (κ2) is 6.52. The standard InChI is InChI=1S/C9H10.W.Y/c1-7-4-8(2)6-9(3)5-7;;/h4H,1-3H3;;/q-2;;. The number of aryl methyl sites for hydroxylation is 3. The Morgan fingerprint density at radius 2 is 1.36 bits per heavy atom. The molecule has 1 aromatic rings. The smallest absolute Gasteiger partial charge is 0 e. The summed E-state index contributed by atoms with van der Waals surface area (Å²) in [7, 11) is 0. The molecule has 1 aromatic carbocycles. The number of benzene rings is 1. The molecule has 0 spiro atoms. The quantitative estimate of drug-likeness (QED) is 0.596. The second-order valence-electron chi connectivity index (χ2n) is 2.39. The van der Waals surface area contributed by atoms with Gasteiger partial charge in [-0.1, -0.05) is 20.8 Å². The zero-order chi connectivity index (χ0) is 6.85. The molecule has 57 valence electrons. The first-order valence-electron chi connectivity index (χ1n) is 3.08. The fourth-order valence-corrected chi connectivity index (χ4v) is 1.02. The molecule has 0 nitrogen and oxygen atoms in total. The third-order valence-electron chi connectivity index (χ3n) is 1.20. The predicted octanol–water partition coefficient (Wildman–Crippen LogP) is 2.21. The van der Waals surface area contributed by atoms with Gasteiger partial charge in [0.2, 0.25) is 0 Å². The van der Waals surface area contributed by atoms with E-state index >= 15 is 0 Å². The summed E-state index contributed by atoms with van der Waals surface area (Å²) in [5, 5.41) is 0. The average Bonchev–Trinajstić information content (AvgIpc) is 1.59. The molecule has 0 bridgehead atoms. The summed E-state index contributed by atoms with van der Waals surface area (Å²) >= 11 is 0. The van der Waals surface area contributed by atoms with Gasteiger partial charge in [0, 0.05) is 53.8 Å². The Kier molecular flexibility index (Phi) is 8.61. The van der Waals surface area contributed by atoms with Gasteiger partial charge in [-0.05, 0) is 0 Å². The molecule has 0 saturated carbocycles. The van der Waals surface area contributed by atoms with E-state index in [9.17, 15) is 0 Å². The van der Waals surface area contributed by atoms with E-state index in [2.05, 4.69) is 18.2 Å². The number of hydrogen-bond donors (Lipinski definition) is 0. The fraction of sp³-hybridized carbons (Fsp3) is 0.333. The van der Waals surface area contributed by atoms with Crippen molar-refractivity contribution in [2.45, 2.75) is 20.8 Å². The van der Waals surface area contributed by atoms with Crippen LogP contribution in [0.25, 0.3) is 0 Å². The molecule has 0 unspecified atom stereocenters. The van der Waals surface area contributed by atoms with Crippen molar-refractivity contribution in [1.82, 2.24) is 0 Å². The van der Waals surface area contributed by atoms with E-state index in [4.69, 9.17) is 0 Å². The van der Waals surface area contributed by atoms with E-state index in [1.54, 1.807) is 0 Å². The topological polar surface area (TPSA) is 0 Å². The van der Waals surface area contributed by atoms with Crippen LogP contribution >= 0.6 is 0 Å². The van der Waals surface area contributed by atoms with Crippen LogP contribution in [0.4, 0.5) is 0 Å². The van der Waals surface area contributed by atoms with Crippen LogP contribution in [0.5, 0.6) is 0 Å². The molecule has 0 amide bonds. The summed E-state index contributed by atoms with van der Waals surface area (Å²) < 4.78 is 0. The molecule has 0 atom stereocenters. The Labute approximate surface area is 108 Å². The first kappa shape index (κ1) is 14.5. The minimum atomic E-state index is 0. The number of rotatable bonds is 0. The minimum absolute atomic E-state index is 0. The Morgan fingerprint density at radius 1 is 1.00 bits per heavy atom. The fourth-order valence-electron chi connectivity index (χ4n) is 1.02. The van der Waals surface area contributed by atoms with Crippen LogP contribution in [-0.2, 0) is 53.8 Å². The van der Waals surface area contributed by atoms with E-state index in [1.807, 2.05) is 20.8 Å². The molecule has 2 heteroatoms. The molecule has 1 radical (unpaired) electrons. The molecular formula is C9H10WY-2. The van der Waals surface area contributed by atoms with Crippen LogP contribution in [0.2, 0.25) is 0 Å². The summed E-state index contributed by atoms with van der Waals surface area (Å²) in [6.45, 7) is 6.11. The Morgan fingerprint density at radius 3 is 1.64 bits per heavy atom. The van der Waals surface area contributed by atoms with Crippen LogP contribution in [-0.4, -0.2) is 0 Å². The predicted molar refractivity (Wildman–Crippen MR) is 38.3 cm³/mol. The maximum absolute atomic E-state index is 3.16. The molecule has 11 heavy (non-hydrogen) atoms. The summed E-state index contributed by atoms with van der Waals surface area (Å²) in [6, 6.07) is 8.39. The van der Waals surface area contributed by atoms with Crippen molar-refractivity contribution in [2.75, 3.05) is 0 Å². The van der Waals surface area contributed by atoms with Crippen LogP contribution < -0.4 is 0 Å². The Balaban J connectivity index is 0. The summed E-state index contributed by atoms with van der Waals surface area (Å²) in [5.74, 6) is 0. The minimum Gasteiger partial charge on any atom is -0.353 e. The van der Waals surface area contributed by atoms with E-state index in [1.165, 1.54) is 11.1 Å². The van der Waals surface area contributed by atoms with Crippen molar-refractivity contribution in [3.63, 3.8) is 0 Å². The molecule has 0 aliphatic rings. The Hall–Kier alpha value is 1.01. The normalized spacial score (nSPS) is 7.91. The molecule has 0 aliphatic heterocycles. The molecule has 0 fully saturated rings. The van der Waals surface area contributed by atoms with E-state index < -0.39 is 0 Å². The van der Waals surface area contributed by atoms with Crippen LogP contribution in [0.1, 0.15) is 16.7 Å². The molecular weight excluding hydrogens is 381 g/mol. The van der Waals surface area contributed by atoms with E-state index in [0.29, 0.717) is 0 Å². The van der Waals surface area contributed by atoms with Gasteiger partial charge in [0.25, 0.3) is 0 Å². The van der Waals surface area contributed by atoms with Gasteiger partial charge in [-0.3, -0.25) is 22.8 Å². The largest absolute Gasteiger partial charge is 0.353 e. The van der Waals surface area contributed by atoms with Gasteiger partial charge in [0.1, 0.15) is 0 Å². The summed E-state index contributed by atoms with van der Waals surface area (Å²) in [5.41, 5.74) is 3.50. The second-order valence-corrected chi connectivity index (χ2v) is 2.39. The number of hydrogen-bond acceptors (Lipinski definition) is 0. The van der Waals surface area contributed by atoms with Gasteiger partial charge >= 0.3 is 0 Å². The summed E-state index contributed by atoms with van der Waals surface area (Å²) in [6.07, 6.45) is 0. The van der Waals surface area contributed by atoms with Crippen molar-refractivity contribution in [3.8, 4) is 0 Å². The third kappa shape index (κ3) is 5.28.